The van der Waals surface area contributed by atoms with Gasteiger partial charge in [0, 0.05) is 5.69 Å². The molecular weight excluding hydrogens is 326 g/mol. The summed E-state index contributed by atoms with van der Waals surface area (Å²) in [5.74, 6) is -1.58. The monoisotopic (exact) mass is 343 g/mol. The van der Waals surface area contributed by atoms with Gasteiger partial charge in [-0.15, -0.1) is 0 Å². The highest BCUT2D eigenvalue weighted by molar-refractivity contribution is 6.10. The Morgan fingerprint density at radius 2 is 1.23 bits per heavy atom. The van der Waals surface area contributed by atoms with Crippen LogP contribution in [0.25, 0.3) is 12.2 Å². The van der Waals surface area contributed by atoms with Gasteiger partial charge >= 0.3 is 5.97 Å². The van der Waals surface area contributed by atoms with Crippen LogP contribution in [0.1, 0.15) is 31.8 Å². The van der Waals surface area contributed by atoms with Crippen molar-refractivity contribution >= 4 is 29.7 Å². The van der Waals surface area contributed by atoms with Crippen molar-refractivity contribution in [2.75, 3.05) is 5.32 Å². The van der Waals surface area contributed by atoms with Crippen LogP contribution in [-0.4, -0.2) is 17.0 Å². The van der Waals surface area contributed by atoms with Gasteiger partial charge in [-0.3, -0.25) is 4.79 Å². The third kappa shape index (κ3) is 4.24. The van der Waals surface area contributed by atoms with Crippen LogP contribution in [0.4, 0.5) is 5.69 Å². The van der Waals surface area contributed by atoms with Gasteiger partial charge in [-0.25, -0.2) is 4.79 Å². The molecule has 0 saturated carbocycles. The Morgan fingerprint density at radius 1 is 0.692 bits per heavy atom. The molecule has 0 unspecified atom stereocenters. The van der Waals surface area contributed by atoms with E-state index in [0.29, 0.717) is 5.69 Å². The van der Waals surface area contributed by atoms with Crippen molar-refractivity contribution in [2.24, 2.45) is 0 Å². The van der Waals surface area contributed by atoms with E-state index in [-0.39, 0.29) is 11.1 Å². The number of rotatable bonds is 5. The number of benzene rings is 3. The van der Waals surface area contributed by atoms with E-state index in [0.717, 1.165) is 11.1 Å². The second-order valence-electron chi connectivity index (χ2n) is 5.67. The van der Waals surface area contributed by atoms with Gasteiger partial charge in [0.1, 0.15) is 0 Å². The highest BCUT2D eigenvalue weighted by Crippen LogP contribution is 2.15. The number of carbonyl (C=O) groups is 2. The molecule has 0 bridgehead atoms. The van der Waals surface area contributed by atoms with Gasteiger partial charge in [0.25, 0.3) is 5.91 Å². The summed E-state index contributed by atoms with van der Waals surface area (Å²) in [5.41, 5.74) is 2.82. The second-order valence-corrected chi connectivity index (χ2v) is 5.67. The van der Waals surface area contributed by atoms with Crippen LogP contribution in [0.3, 0.4) is 0 Å². The summed E-state index contributed by atoms with van der Waals surface area (Å²) < 4.78 is 0. The first kappa shape index (κ1) is 17.2. The molecule has 2 N–H and O–H groups in total. The number of carboxylic acids is 1. The van der Waals surface area contributed by atoms with Crippen molar-refractivity contribution < 1.29 is 14.7 Å². The third-order valence-electron chi connectivity index (χ3n) is 3.84. The molecule has 0 aromatic heterocycles. The lowest BCUT2D eigenvalue weighted by Gasteiger charge is -2.08. The van der Waals surface area contributed by atoms with Crippen molar-refractivity contribution in [2.45, 2.75) is 0 Å². The van der Waals surface area contributed by atoms with E-state index >= 15 is 0 Å². The fourth-order valence-electron chi connectivity index (χ4n) is 2.50. The molecule has 0 atom stereocenters. The minimum absolute atomic E-state index is 0.0209. The van der Waals surface area contributed by atoms with E-state index < -0.39 is 11.9 Å². The molecule has 0 aliphatic rings. The number of anilines is 1. The Balaban J connectivity index is 1.71. The van der Waals surface area contributed by atoms with E-state index in [4.69, 9.17) is 0 Å². The smallest absolute Gasteiger partial charge is 0.336 e. The molecule has 1 amide bonds. The molecule has 128 valence electrons. The van der Waals surface area contributed by atoms with Crippen molar-refractivity contribution in [1.82, 2.24) is 0 Å². The van der Waals surface area contributed by atoms with Gasteiger partial charge in [-0.1, -0.05) is 66.7 Å². The standard InChI is InChI=1S/C22H17NO3/c24-21(19-8-4-5-9-20(19)22(25)26)23-18-14-12-17(13-15-18)11-10-16-6-2-1-3-7-16/h1-15H,(H,23,24)(H,25,26)/b11-10+. The predicted octanol–water partition coefficient (Wildman–Crippen LogP) is 4.81. The summed E-state index contributed by atoms with van der Waals surface area (Å²) in [6, 6.07) is 23.4. The molecule has 3 aromatic carbocycles. The molecule has 0 spiro atoms. The molecule has 26 heavy (non-hydrogen) atoms. The van der Waals surface area contributed by atoms with Crippen LogP contribution >= 0.6 is 0 Å². The van der Waals surface area contributed by atoms with Gasteiger partial charge in [-0.2, -0.15) is 0 Å². The molecule has 4 heteroatoms. The van der Waals surface area contributed by atoms with Crippen LogP contribution in [0.2, 0.25) is 0 Å². The molecule has 0 heterocycles. The average Bonchev–Trinajstić information content (AvgIpc) is 2.68. The molecule has 0 aliphatic heterocycles. The van der Waals surface area contributed by atoms with E-state index in [2.05, 4.69) is 5.32 Å². The molecule has 0 fully saturated rings. The fraction of sp³-hybridized carbons (Fsp3) is 0. The normalized spacial score (nSPS) is 10.6. The molecule has 0 saturated heterocycles. The van der Waals surface area contributed by atoms with E-state index in [1.54, 1.807) is 24.3 Å². The molecule has 3 rings (SSSR count). The van der Waals surface area contributed by atoms with Crippen LogP contribution < -0.4 is 5.32 Å². The van der Waals surface area contributed by atoms with Crippen molar-refractivity contribution in [3.63, 3.8) is 0 Å². The van der Waals surface area contributed by atoms with E-state index in [1.165, 1.54) is 12.1 Å². The van der Waals surface area contributed by atoms with Crippen LogP contribution in [0, 0.1) is 0 Å². The van der Waals surface area contributed by atoms with Gasteiger partial charge in [-0.05, 0) is 35.4 Å². The molecule has 0 radical (unpaired) electrons. The second kappa shape index (κ2) is 7.94. The topological polar surface area (TPSA) is 66.4 Å². The number of amides is 1. The largest absolute Gasteiger partial charge is 0.478 e. The number of carbonyl (C=O) groups excluding carboxylic acids is 1. The molecular formula is C22H17NO3. The van der Waals surface area contributed by atoms with Gasteiger partial charge in [0.2, 0.25) is 0 Å². The van der Waals surface area contributed by atoms with Crippen LogP contribution in [0.15, 0.2) is 78.9 Å². The summed E-state index contributed by atoms with van der Waals surface area (Å²) in [5, 5.41) is 11.9. The zero-order valence-corrected chi connectivity index (χ0v) is 13.9. The Morgan fingerprint density at radius 3 is 1.85 bits per heavy atom. The Labute approximate surface area is 151 Å². The SMILES string of the molecule is O=C(O)c1ccccc1C(=O)Nc1ccc(/C=C/c2ccccc2)cc1. The lowest BCUT2D eigenvalue weighted by molar-refractivity contribution is 0.0692. The maximum Gasteiger partial charge on any atom is 0.336 e. The Kier molecular flexibility index (Phi) is 5.25. The van der Waals surface area contributed by atoms with E-state index in [1.807, 2.05) is 54.6 Å². The first-order valence-electron chi connectivity index (χ1n) is 8.10. The summed E-state index contributed by atoms with van der Waals surface area (Å²) in [7, 11) is 0. The van der Waals surface area contributed by atoms with Crippen molar-refractivity contribution in [1.29, 1.82) is 0 Å². The number of hydrogen-bond acceptors (Lipinski definition) is 2. The highest BCUT2D eigenvalue weighted by Gasteiger charge is 2.15. The lowest BCUT2D eigenvalue weighted by atomic mass is 10.1. The summed E-state index contributed by atoms with van der Waals surface area (Å²) in [4.78, 5) is 23.6. The Bertz CT molecular complexity index is 945. The number of nitrogens with one attached hydrogen (secondary N) is 1. The van der Waals surface area contributed by atoms with Crippen LogP contribution in [0.5, 0.6) is 0 Å². The maximum atomic E-state index is 12.3. The number of hydrogen-bond donors (Lipinski definition) is 2. The van der Waals surface area contributed by atoms with E-state index in [9.17, 15) is 14.7 Å². The minimum Gasteiger partial charge on any atom is -0.478 e. The van der Waals surface area contributed by atoms with Gasteiger partial charge in [0.15, 0.2) is 0 Å². The fourth-order valence-corrected chi connectivity index (χ4v) is 2.50. The zero-order valence-electron chi connectivity index (χ0n) is 13.9. The van der Waals surface area contributed by atoms with Gasteiger partial charge in [0.05, 0.1) is 11.1 Å². The molecule has 3 aromatic rings. The lowest BCUT2D eigenvalue weighted by Crippen LogP contribution is -2.16. The third-order valence-corrected chi connectivity index (χ3v) is 3.84. The summed E-state index contributed by atoms with van der Waals surface area (Å²) in [6.07, 6.45) is 4.00. The maximum absolute atomic E-state index is 12.3. The Hall–Kier alpha value is -3.66. The average molecular weight is 343 g/mol. The summed E-state index contributed by atoms with van der Waals surface area (Å²) in [6.45, 7) is 0. The highest BCUT2D eigenvalue weighted by atomic mass is 16.4. The molecule has 0 aliphatic carbocycles. The zero-order chi connectivity index (χ0) is 18.4. The first-order valence-corrected chi connectivity index (χ1v) is 8.10. The van der Waals surface area contributed by atoms with Gasteiger partial charge < -0.3 is 10.4 Å². The minimum atomic E-state index is -1.13. The quantitative estimate of drug-likeness (QED) is 0.654. The number of aromatic carboxylic acids is 1. The van der Waals surface area contributed by atoms with Crippen molar-refractivity contribution in [3.8, 4) is 0 Å². The molecule has 4 nitrogen and oxygen atoms in total. The first-order chi connectivity index (χ1) is 12.6. The predicted molar refractivity (Wildman–Crippen MR) is 103 cm³/mol. The van der Waals surface area contributed by atoms with Crippen molar-refractivity contribution in [3.05, 3.63) is 101 Å². The summed E-state index contributed by atoms with van der Waals surface area (Å²) >= 11 is 0. The number of carboxylic acid groups (broad SMARTS) is 1. The van der Waals surface area contributed by atoms with Crippen LogP contribution in [-0.2, 0) is 0 Å².